The van der Waals surface area contributed by atoms with Gasteiger partial charge in [0.25, 0.3) is 0 Å². The molecule has 0 spiro atoms. The van der Waals surface area contributed by atoms with Crippen molar-refractivity contribution in [2.75, 3.05) is 20.1 Å². The van der Waals surface area contributed by atoms with Gasteiger partial charge in [0.05, 0.1) is 0 Å². The van der Waals surface area contributed by atoms with Crippen molar-refractivity contribution in [3.8, 4) is 0 Å². The normalized spacial score (nSPS) is 31.4. The average molecular weight is 266 g/mol. The quantitative estimate of drug-likeness (QED) is 0.756. The summed E-state index contributed by atoms with van der Waals surface area (Å²) in [5.41, 5.74) is 0.442. The molecule has 2 saturated carbocycles. The summed E-state index contributed by atoms with van der Waals surface area (Å²) >= 11 is 0. The molecule has 0 aromatic carbocycles. The van der Waals surface area contributed by atoms with Crippen LogP contribution in [-0.2, 0) is 0 Å². The molecule has 3 unspecified atom stereocenters. The first-order valence-electron chi connectivity index (χ1n) is 8.46. The molecule has 2 nitrogen and oxygen atoms in total. The van der Waals surface area contributed by atoms with Gasteiger partial charge in [0.15, 0.2) is 0 Å². The minimum atomic E-state index is 0.442. The van der Waals surface area contributed by atoms with Crippen LogP contribution in [0.15, 0.2) is 0 Å². The maximum atomic E-state index is 3.74. The molecule has 2 fully saturated rings. The minimum Gasteiger partial charge on any atom is -0.313 e. The molecule has 2 aliphatic carbocycles. The number of rotatable bonds is 7. The molecule has 112 valence electrons. The predicted octanol–water partition coefficient (Wildman–Crippen LogP) is 3.67. The summed E-state index contributed by atoms with van der Waals surface area (Å²) in [6, 6.07) is 1.67. The maximum Gasteiger partial charge on any atom is 0.00949 e. The van der Waals surface area contributed by atoms with Gasteiger partial charge < -0.3 is 10.2 Å². The van der Waals surface area contributed by atoms with Crippen LogP contribution in [0.1, 0.15) is 65.7 Å². The first-order valence-corrected chi connectivity index (χ1v) is 8.46. The Balaban J connectivity index is 1.81. The largest absolute Gasteiger partial charge is 0.313 e. The molecule has 0 bridgehead atoms. The minimum absolute atomic E-state index is 0.442. The van der Waals surface area contributed by atoms with E-state index in [0.29, 0.717) is 5.41 Å². The van der Waals surface area contributed by atoms with E-state index in [9.17, 15) is 0 Å². The highest BCUT2D eigenvalue weighted by Gasteiger charge is 2.31. The summed E-state index contributed by atoms with van der Waals surface area (Å²) in [6.45, 7) is 9.69. The van der Waals surface area contributed by atoms with Crippen LogP contribution in [0, 0.1) is 11.3 Å². The zero-order valence-electron chi connectivity index (χ0n) is 13.5. The van der Waals surface area contributed by atoms with Crippen LogP contribution in [0.4, 0.5) is 0 Å². The molecule has 0 aromatic rings. The maximum absolute atomic E-state index is 3.74. The number of hydrogen-bond acceptors (Lipinski definition) is 2. The lowest BCUT2D eigenvalue weighted by Crippen LogP contribution is -2.45. The number of hydrogen-bond donors (Lipinski definition) is 1. The molecule has 0 aromatic heterocycles. The molecule has 0 radical (unpaired) electrons. The summed E-state index contributed by atoms with van der Waals surface area (Å²) in [6.07, 6.45) is 9.77. The van der Waals surface area contributed by atoms with E-state index < -0.39 is 0 Å². The monoisotopic (exact) mass is 266 g/mol. The van der Waals surface area contributed by atoms with Gasteiger partial charge in [-0.2, -0.15) is 0 Å². The molecule has 0 amide bonds. The van der Waals surface area contributed by atoms with Gasteiger partial charge in [0, 0.05) is 25.2 Å². The van der Waals surface area contributed by atoms with E-state index in [1.54, 1.807) is 0 Å². The van der Waals surface area contributed by atoms with E-state index in [2.05, 4.69) is 38.0 Å². The second-order valence-corrected chi connectivity index (χ2v) is 7.66. The van der Waals surface area contributed by atoms with E-state index in [4.69, 9.17) is 0 Å². The van der Waals surface area contributed by atoms with Gasteiger partial charge >= 0.3 is 0 Å². The first kappa shape index (κ1) is 15.3. The third-order valence-corrected chi connectivity index (χ3v) is 5.41. The van der Waals surface area contributed by atoms with Gasteiger partial charge in [-0.1, -0.05) is 33.6 Å². The van der Waals surface area contributed by atoms with Gasteiger partial charge in [-0.3, -0.25) is 0 Å². The van der Waals surface area contributed by atoms with E-state index >= 15 is 0 Å². The fraction of sp³-hybridized carbons (Fsp3) is 1.00. The Morgan fingerprint density at radius 2 is 1.95 bits per heavy atom. The van der Waals surface area contributed by atoms with E-state index in [1.807, 2.05) is 0 Å². The summed E-state index contributed by atoms with van der Waals surface area (Å²) in [4.78, 5) is 2.66. The lowest BCUT2D eigenvalue weighted by atomic mass is 9.83. The van der Waals surface area contributed by atoms with Crippen LogP contribution in [0.2, 0.25) is 0 Å². The van der Waals surface area contributed by atoms with E-state index in [1.165, 1.54) is 58.0 Å². The molecule has 2 rings (SSSR count). The van der Waals surface area contributed by atoms with Crippen LogP contribution in [0.5, 0.6) is 0 Å². The van der Waals surface area contributed by atoms with Gasteiger partial charge in [-0.15, -0.1) is 0 Å². The highest BCUT2D eigenvalue weighted by atomic mass is 15.1. The molecule has 0 heterocycles. The molecule has 19 heavy (non-hydrogen) atoms. The second kappa shape index (κ2) is 6.58. The van der Waals surface area contributed by atoms with Gasteiger partial charge in [0.1, 0.15) is 0 Å². The van der Waals surface area contributed by atoms with Crippen molar-refractivity contribution < 1.29 is 0 Å². The molecule has 2 heteroatoms. The number of nitrogens with one attached hydrogen (secondary N) is 1. The fourth-order valence-corrected chi connectivity index (χ4v) is 3.50. The molecule has 0 aliphatic heterocycles. The van der Waals surface area contributed by atoms with Crippen molar-refractivity contribution >= 4 is 0 Å². The Bertz CT molecular complexity index is 274. The number of nitrogens with zero attached hydrogens (tertiary/aromatic N) is 1. The first-order chi connectivity index (χ1) is 9.02. The van der Waals surface area contributed by atoms with Crippen LogP contribution in [0.25, 0.3) is 0 Å². The second-order valence-electron chi connectivity index (χ2n) is 7.66. The third-order valence-electron chi connectivity index (χ3n) is 5.41. The van der Waals surface area contributed by atoms with Gasteiger partial charge in [0.2, 0.25) is 0 Å². The molecule has 1 N–H and O–H groups in total. The Hall–Kier alpha value is -0.0800. The summed E-state index contributed by atoms with van der Waals surface area (Å²) < 4.78 is 0. The van der Waals surface area contributed by atoms with Crippen molar-refractivity contribution in [3.05, 3.63) is 0 Å². The Morgan fingerprint density at radius 1 is 1.21 bits per heavy atom. The Labute approximate surface area is 120 Å². The van der Waals surface area contributed by atoms with Crippen molar-refractivity contribution in [2.24, 2.45) is 11.3 Å². The lowest BCUT2D eigenvalue weighted by molar-refractivity contribution is 0.104. The van der Waals surface area contributed by atoms with Crippen LogP contribution in [0.3, 0.4) is 0 Å². The smallest absolute Gasteiger partial charge is 0.00949 e. The fourth-order valence-electron chi connectivity index (χ4n) is 3.50. The van der Waals surface area contributed by atoms with E-state index in [-0.39, 0.29) is 0 Å². The van der Waals surface area contributed by atoms with Crippen molar-refractivity contribution in [2.45, 2.75) is 77.8 Å². The van der Waals surface area contributed by atoms with Crippen LogP contribution in [-0.4, -0.2) is 37.1 Å². The highest BCUT2D eigenvalue weighted by molar-refractivity contribution is 4.88. The molecule has 3 atom stereocenters. The van der Waals surface area contributed by atoms with Crippen LogP contribution >= 0.6 is 0 Å². The van der Waals surface area contributed by atoms with Crippen molar-refractivity contribution in [1.29, 1.82) is 0 Å². The molecule has 2 aliphatic rings. The van der Waals surface area contributed by atoms with Crippen molar-refractivity contribution in [1.82, 2.24) is 10.2 Å². The topological polar surface area (TPSA) is 15.3 Å². The Kier molecular flexibility index (Phi) is 5.30. The molecule has 0 saturated heterocycles. The lowest BCUT2D eigenvalue weighted by Gasteiger charge is -2.40. The van der Waals surface area contributed by atoms with Gasteiger partial charge in [-0.05, 0) is 50.5 Å². The molecular formula is C17H34N2. The summed E-state index contributed by atoms with van der Waals surface area (Å²) in [5.74, 6) is 0.929. The van der Waals surface area contributed by atoms with Crippen LogP contribution < -0.4 is 5.32 Å². The predicted molar refractivity (Wildman–Crippen MR) is 83.5 cm³/mol. The van der Waals surface area contributed by atoms with Gasteiger partial charge in [-0.25, -0.2) is 0 Å². The van der Waals surface area contributed by atoms with Crippen molar-refractivity contribution in [3.63, 3.8) is 0 Å². The SMILES string of the molecule is CCC(C)(CNC1CC1)CN(C)C1CCCC(C)C1. The third kappa shape index (κ3) is 4.75. The van der Waals surface area contributed by atoms with E-state index in [0.717, 1.165) is 18.0 Å². The highest BCUT2D eigenvalue weighted by Crippen LogP contribution is 2.30. The zero-order valence-corrected chi connectivity index (χ0v) is 13.5. The summed E-state index contributed by atoms with van der Waals surface area (Å²) in [7, 11) is 2.35. The standard InChI is InChI=1S/C17H34N2/c1-5-17(3,12-18-15-9-10-15)13-19(4)16-8-6-7-14(2)11-16/h14-16,18H,5-13H2,1-4H3. The molecular weight excluding hydrogens is 232 g/mol. The zero-order chi connectivity index (χ0) is 13.9. The Morgan fingerprint density at radius 3 is 2.53 bits per heavy atom. The average Bonchev–Trinajstić information content (AvgIpc) is 3.20. The summed E-state index contributed by atoms with van der Waals surface area (Å²) in [5, 5.41) is 3.74.